The first-order chi connectivity index (χ1) is 12.3. The second-order valence-corrected chi connectivity index (χ2v) is 6.58. The monoisotopic (exact) mass is 342 g/mol. The molecule has 0 saturated carbocycles. The molecule has 1 N–H and O–H groups in total. The van der Waals surface area contributed by atoms with E-state index < -0.39 is 0 Å². The number of hydrogen-bond acceptors (Lipinski definition) is 3. The maximum atomic E-state index is 13.7. The Morgan fingerprint density at radius 3 is 2.92 bits per heavy atom. The summed E-state index contributed by atoms with van der Waals surface area (Å²) in [7, 11) is 0. The maximum absolute atomic E-state index is 13.7. The van der Waals surface area contributed by atoms with Gasteiger partial charge in [0, 0.05) is 24.7 Å². The van der Waals surface area contributed by atoms with Gasteiger partial charge in [0.1, 0.15) is 18.2 Å². The van der Waals surface area contributed by atoms with Crippen LogP contribution >= 0.6 is 0 Å². The molecule has 1 atom stereocenters. The molecular weight excluding hydrogens is 315 g/mol. The first-order valence-electron chi connectivity index (χ1n) is 9.16. The Kier molecular flexibility index (Phi) is 6.42. The summed E-state index contributed by atoms with van der Waals surface area (Å²) in [6.45, 7) is 6.68. The van der Waals surface area contributed by atoms with E-state index in [0.29, 0.717) is 11.6 Å². The highest BCUT2D eigenvalue weighted by Gasteiger charge is 2.21. The van der Waals surface area contributed by atoms with Crippen molar-refractivity contribution in [3.63, 3.8) is 0 Å². The number of hydrogen-bond donors (Lipinski definition) is 1. The van der Waals surface area contributed by atoms with Gasteiger partial charge in [0.2, 0.25) is 0 Å². The minimum Gasteiger partial charge on any atom is -0.489 e. The molecule has 1 aliphatic heterocycles. The summed E-state index contributed by atoms with van der Waals surface area (Å²) < 4.78 is 19.4. The summed E-state index contributed by atoms with van der Waals surface area (Å²) in [4.78, 5) is 2.54. The van der Waals surface area contributed by atoms with E-state index in [0.717, 1.165) is 25.4 Å². The van der Waals surface area contributed by atoms with Crippen molar-refractivity contribution in [3.05, 3.63) is 65.5 Å². The van der Waals surface area contributed by atoms with Crippen molar-refractivity contribution in [1.82, 2.24) is 10.2 Å². The van der Waals surface area contributed by atoms with Gasteiger partial charge in [0.05, 0.1) is 0 Å². The van der Waals surface area contributed by atoms with Crippen molar-refractivity contribution in [2.45, 2.75) is 39.0 Å². The number of nitrogens with zero attached hydrogens (tertiary/aromatic N) is 1. The number of nitrogens with one attached hydrogen (secondary N) is 1. The molecule has 0 radical (unpaired) electrons. The van der Waals surface area contributed by atoms with Crippen molar-refractivity contribution in [2.75, 3.05) is 19.6 Å². The third kappa shape index (κ3) is 5.03. The smallest absolute Gasteiger partial charge is 0.129 e. The Hall–Kier alpha value is -1.91. The molecule has 0 unspecified atom stereocenters. The highest BCUT2D eigenvalue weighted by atomic mass is 19.1. The Labute approximate surface area is 149 Å². The zero-order valence-electron chi connectivity index (χ0n) is 14.9. The Bertz CT molecular complexity index is 676. The van der Waals surface area contributed by atoms with Crippen LogP contribution in [0.2, 0.25) is 0 Å². The lowest BCUT2D eigenvalue weighted by atomic mass is 10.2. The van der Waals surface area contributed by atoms with Crippen LogP contribution in [0.25, 0.3) is 0 Å². The lowest BCUT2D eigenvalue weighted by molar-refractivity contribution is 0.260. The lowest BCUT2D eigenvalue weighted by Gasteiger charge is -2.23. The minimum atomic E-state index is -0.225. The van der Waals surface area contributed by atoms with Crippen LogP contribution < -0.4 is 10.1 Å². The van der Waals surface area contributed by atoms with Crippen LogP contribution in [0, 0.1) is 5.82 Å². The van der Waals surface area contributed by atoms with Gasteiger partial charge in [-0.2, -0.15) is 0 Å². The van der Waals surface area contributed by atoms with E-state index in [1.54, 1.807) is 12.1 Å². The Balaban J connectivity index is 1.49. The van der Waals surface area contributed by atoms with Gasteiger partial charge in [-0.15, -0.1) is 0 Å². The van der Waals surface area contributed by atoms with Gasteiger partial charge in [-0.3, -0.25) is 4.90 Å². The van der Waals surface area contributed by atoms with E-state index in [1.165, 1.54) is 31.0 Å². The minimum absolute atomic E-state index is 0.225. The van der Waals surface area contributed by atoms with Gasteiger partial charge in [-0.25, -0.2) is 4.39 Å². The maximum Gasteiger partial charge on any atom is 0.129 e. The molecule has 1 saturated heterocycles. The van der Waals surface area contributed by atoms with E-state index in [9.17, 15) is 4.39 Å². The van der Waals surface area contributed by atoms with Crippen molar-refractivity contribution < 1.29 is 9.13 Å². The van der Waals surface area contributed by atoms with E-state index in [1.807, 2.05) is 24.3 Å². The quantitative estimate of drug-likeness (QED) is 0.785. The molecule has 1 fully saturated rings. The van der Waals surface area contributed by atoms with Gasteiger partial charge < -0.3 is 10.1 Å². The average molecular weight is 342 g/mol. The van der Waals surface area contributed by atoms with Crippen molar-refractivity contribution >= 4 is 0 Å². The molecule has 1 aliphatic rings. The van der Waals surface area contributed by atoms with Crippen LogP contribution in [0.5, 0.6) is 5.75 Å². The standard InChI is InChI=1S/C21H27FN2O/c1-2-24-12-6-9-19(24)15-23-14-17-7-5-10-20(13-17)25-16-18-8-3-4-11-21(18)22/h3-5,7-8,10-11,13,19,23H,2,6,9,12,14-16H2,1H3/t19-/m0/s1. The summed E-state index contributed by atoms with van der Waals surface area (Å²) in [6, 6.07) is 15.4. The Morgan fingerprint density at radius 2 is 2.08 bits per heavy atom. The zero-order valence-corrected chi connectivity index (χ0v) is 14.9. The summed E-state index contributed by atoms with van der Waals surface area (Å²) in [6.07, 6.45) is 2.59. The molecule has 3 nitrogen and oxygen atoms in total. The van der Waals surface area contributed by atoms with Crippen LogP contribution in [-0.2, 0) is 13.2 Å². The van der Waals surface area contributed by atoms with E-state index in [4.69, 9.17) is 4.74 Å². The van der Waals surface area contributed by atoms with E-state index in [2.05, 4.69) is 23.2 Å². The van der Waals surface area contributed by atoms with Crippen molar-refractivity contribution in [1.29, 1.82) is 0 Å². The number of benzene rings is 2. The highest BCUT2D eigenvalue weighted by Crippen LogP contribution is 2.18. The molecule has 3 rings (SSSR count). The predicted molar refractivity (Wildman–Crippen MR) is 99.1 cm³/mol. The average Bonchev–Trinajstić information content (AvgIpc) is 3.09. The van der Waals surface area contributed by atoms with Crippen LogP contribution in [0.15, 0.2) is 48.5 Å². The molecule has 2 aromatic rings. The highest BCUT2D eigenvalue weighted by molar-refractivity contribution is 5.29. The van der Waals surface area contributed by atoms with Crippen LogP contribution in [-0.4, -0.2) is 30.6 Å². The molecule has 2 aromatic carbocycles. The van der Waals surface area contributed by atoms with E-state index >= 15 is 0 Å². The van der Waals surface area contributed by atoms with Crippen LogP contribution in [0.1, 0.15) is 30.9 Å². The van der Waals surface area contributed by atoms with Crippen LogP contribution in [0.3, 0.4) is 0 Å². The number of halogens is 1. The molecule has 25 heavy (non-hydrogen) atoms. The topological polar surface area (TPSA) is 24.5 Å². The molecule has 0 spiro atoms. The van der Waals surface area contributed by atoms with E-state index in [-0.39, 0.29) is 12.4 Å². The lowest BCUT2D eigenvalue weighted by Crippen LogP contribution is -2.37. The molecule has 4 heteroatoms. The number of rotatable bonds is 8. The molecule has 1 heterocycles. The molecule has 0 amide bonds. The molecule has 0 aliphatic carbocycles. The van der Waals surface area contributed by atoms with Gasteiger partial charge in [0.25, 0.3) is 0 Å². The summed E-state index contributed by atoms with van der Waals surface area (Å²) in [5, 5.41) is 3.56. The van der Waals surface area contributed by atoms with Gasteiger partial charge in [-0.1, -0.05) is 37.3 Å². The predicted octanol–water partition coefficient (Wildman–Crippen LogP) is 3.98. The third-order valence-electron chi connectivity index (χ3n) is 4.86. The fourth-order valence-electron chi connectivity index (χ4n) is 3.45. The fourth-order valence-corrected chi connectivity index (χ4v) is 3.45. The van der Waals surface area contributed by atoms with Gasteiger partial charge in [-0.05, 0) is 49.7 Å². The van der Waals surface area contributed by atoms with Gasteiger partial charge >= 0.3 is 0 Å². The SMILES string of the molecule is CCN1CCC[C@H]1CNCc1cccc(OCc2ccccc2F)c1. The molecule has 134 valence electrons. The summed E-state index contributed by atoms with van der Waals surface area (Å²) in [5.74, 6) is 0.552. The summed E-state index contributed by atoms with van der Waals surface area (Å²) in [5.41, 5.74) is 1.76. The van der Waals surface area contributed by atoms with Crippen LogP contribution in [0.4, 0.5) is 4.39 Å². The molecule has 0 bridgehead atoms. The Morgan fingerprint density at radius 1 is 1.20 bits per heavy atom. The second-order valence-electron chi connectivity index (χ2n) is 6.58. The zero-order chi connectivity index (χ0) is 17.5. The number of likely N-dealkylation sites (N-methyl/N-ethyl adjacent to an activating group) is 1. The summed E-state index contributed by atoms with van der Waals surface area (Å²) >= 11 is 0. The first-order valence-corrected chi connectivity index (χ1v) is 9.16. The number of likely N-dealkylation sites (tertiary alicyclic amines) is 1. The largest absolute Gasteiger partial charge is 0.489 e. The first kappa shape index (κ1) is 17.9. The normalized spacial score (nSPS) is 17.8. The number of ether oxygens (including phenoxy) is 1. The fraction of sp³-hybridized carbons (Fsp3) is 0.429. The third-order valence-corrected chi connectivity index (χ3v) is 4.86. The molecule has 0 aromatic heterocycles. The molecular formula is C21H27FN2O. The second kappa shape index (κ2) is 8.97. The van der Waals surface area contributed by atoms with Crippen molar-refractivity contribution in [2.24, 2.45) is 0 Å². The van der Waals surface area contributed by atoms with Crippen molar-refractivity contribution in [3.8, 4) is 5.75 Å². The van der Waals surface area contributed by atoms with Gasteiger partial charge in [0.15, 0.2) is 0 Å².